The first-order valence-electron chi connectivity index (χ1n) is 13.6. The van der Waals surface area contributed by atoms with Crippen molar-refractivity contribution in [3.05, 3.63) is 11.9 Å². The van der Waals surface area contributed by atoms with Crippen molar-refractivity contribution in [3.63, 3.8) is 0 Å². The Bertz CT molecular complexity index is 479. The molecule has 0 radical (unpaired) electrons. The normalized spacial score (nSPS) is 13.6. The van der Waals surface area contributed by atoms with Gasteiger partial charge >= 0.3 is 7.60 Å². The van der Waals surface area contributed by atoms with Crippen molar-refractivity contribution >= 4 is 7.60 Å². The van der Waals surface area contributed by atoms with Crippen LogP contribution >= 0.6 is 7.60 Å². The van der Waals surface area contributed by atoms with Crippen molar-refractivity contribution in [3.8, 4) is 0 Å². The molecule has 0 amide bonds. The summed E-state index contributed by atoms with van der Waals surface area (Å²) in [6.07, 6.45) is 20.0. The zero-order valence-corrected chi connectivity index (χ0v) is 23.6. The highest BCUT2D eigenvalue weighted by Crippen LogP contribution is 2.52. The summed E-state index contributed by atoms with van der Waals surface area (Å²) in [6.45, 7) is 10.8. The van der Waals surface area contributed by atoms with Gasteiger partial charge in [0, 0.05) is 19.5 Å². The maximum Gasteiger partial charge on any atom is 0.354 e. The maximum absolute atomic E-state index is 12.9. The van der Waals surface area contributed by atoms with Crippen LogP contribution in [0.15, 0.2) is 11.9 Å². The molecule has 0 aromatic carbocycles. The molecular weight excluding hydrogens is 435 g/mol. The van der Waals surface area contributed by atoms with E-state index in [1.807, 2.05) is 27.7 Å². The fourth-order valence-corrected chi connectivity index (χ4v) is 5.45. The van der Waals surface area contributed by atoms with E-state index in [1.54, 1.807) is 13.2 Å². The van der Waals surface area contributed by atoms with E-state index in [0.29, 0.717) is 6.61 Å². The van der Waals surface area contributed by atoms with Gasteiger partial charge in [-0.3, -0.25) is 4.57 Å². The molecule has 0 saturated heterocycles. The molecule has 0 saturated carbocycles. The highest BCUT2D eigenvalue weighted by atomic mass is 31.2. The van der Waals surface area contributed by atoms with Crippen molar-refractivity contribution in [2.45, 2.75) is 143 Å². The Labute approximate surface area is 205 Å². The second-order valence-electron chi connectivity index (χ2n) is 9.63. The zero-order valence-electron chi connectivity index (χ0n) is 22.7. The predicted molar refractivity (Wildman–Crippen MR) is 141 cm³/mol. The third kappa shape index (κ3) is 22.0. The van der Waals surface area contributed by atoms with Gasteiger partial charge in [-0.25, -0.2) is 0 Å². The molecule has 0 spiro atoms. The molecule has 0 N–H and O–H groups in total. The van der Waals surface area contributed by atoms with Crippen molar-refractivity contribution in [1.29, 1.82) is 0 Å². The number of ether oxygens (including phenoxy) is 2. The van der Waals surface area contributed by atoms with E-state index in [-0.39, 0.29) is 18.3 Å². The van der Waals surface area contributed by atoms with Crippen molar-refractivity contribution < 1.29 is 23.1 Å². The van der Waals surface area contributed by atoms with Gasteiger partial charge in [-0.1, -0.05) is 90.4 Å². The lowest BCUT2D eigenvalue weighted by atomic mass is 10.0. The first-order valence-corrected chi connectivity index (χ1v) is 15.2. The Hall–Kier alpha value is -0.190. The predicted octanol–water partition coefficient (Wildman–Crippen LogP) is 9.06. The van der Waals surface area contributed by atoms with Crippen LogP contribution in [0.25, 0.3) is 0 Å². The van der Waals surface area contributed by atoms with Gasteiger partial charge in [-0.15, -0.1) is 0 Å². The van der Waals surface area contributed by atoms with Crippen LogP contribution in [-0.4, -0.2) is 38.6 Å². The van der Waals surface area contributed by atoms with Crippen LogP contribution in [0.3, 0.4) is 0 Å². The molecule has 33 heavy (non-hydrogen) atoms. The zero-order chi connectivity index (χ0) is 24.8. The second-order valence-corrected chi connectivity index (χ2v) is 11.4. The smallest absolute Gasteiger partial charge is 0.354 e. The van der Waals surface area contributed by atoms with E-state index in [1.165, 1.54) is 89.3 Å². The number of unbranched alkanes of at least 4 members (excludes halogenated alkanes) is 13. The number of hydrogen-bond donors (Lipinski definition) is 0. The molecule has 0 aliphatic heterocycles. The van der Waals surface area contributed by atoms with Gasteiger partial charge < -0.3 is 18.5 Å². The van der Waals surface area contributed by atoms with Gasteiger partial charge in [-0.2, -0.15) is 0 Å². The monoisotopic (exact) mass is 490 g/mol. The quantitative estimate of drug-likeness (QED) is 0.0997. The third-order valence-electron chi connectivity index (χ3n) is 5.43. The van der Waals surface area contributed by atoms with E-state index >= 15 is 0 Å². The molecule has 1 atom stereocenters. The van der Waals surface area contributed by atoms with Gasteiger partial charge in [0.1, 0.15) is 0 Å². The van der Waals surface area contributed by atoms with E-state index < -0.39 is 7.60 Å². The van der Waals surface area contributed by atoms with Crippen molar-refractivity contribution in [2.24, 2.45) is 0 Å². The second kappa shape index (κ2) is 22.3. The molecule has 0 aliphatic rings. The Kier molecular flexibility index (Phi) is 22.2. The van der Waals surface area contributed by atoms with E-state index in [2.05, 4.69) is 6.92 Å². The largest absolute Gasteiger partial charge is 0.378 e. The summed E-state index contributed by atoms with van der Waals surface area (Å²) in [5, 5.41) is 0. The van der Waals surface area contributed by atoms with Crippen LogP contribution < -0.4 is 0 Å². The molecule has 0 aliphatic carbocycles. The number of methoxy groups -OCH3 is 1. The molecule has 0 heterocycles. The minimum absolute atomic E-state index is 0.184. The Balaban J connectivity index is 3.77. The van der Waals surface area contributed by atoms with Crippen LogP contribution in [-0.2, 0) is 23.1 Å². The number of hydrogen-bond acceptors (Lipinski definition) is 5. The lowest BCUT2D eigenvalue weighted by Gasteiger charge is -2.20. The molecule has 198 valence electrons. The lowest BCUT2D eigenvalue weighted by Crippen LogP contribution is -2.16. The summed E-state index contributed by atoms with van der Waals surface area (Å²) >= 11 is 0. The summed E-state index contributed by atoms with van der Waals surface area (Å²) in [7, 11) is -1.66. The average molecular weight is 491 g/mol. The average Bonchev–Trinajstić information content (AvgIpc) is 2.74. The number of rotatable bonds is 24. The SMILES string of the molecule is CCCCCCCCCCCCCCCCOCC(/C=C/P(=O)(OC(C)C)OC(C)C)OC. The van der Waals surface area contributed by atoms with Crippen LogP contribution in [0.2, 0.25) is 0 Å². The van der Waals surface area contributed by atoms with Crippen LogP contribution in [0.5, 0.6) is 0 Å². The Morgan fingerprint density at radius 3 is 1.52 bits per heavy atom. The lowest BCUT2D eigenvalue weighted by molar-refractivity contribution is 0.0317. The molecule has 0 rings (SSSR count). The fraction of sp³-hybridized carbons (Fsp3) is 0.926. The van der Waals surface area contributed by atoms with Crippen LogP contribution in [0.1, 0.15) is 125 Å². The topological polar surface area (TPSA) is 54.0 Å². The Morgan fingerprint density at radius 1 is 0.697 bits per heavy atom. The van der Waals surface area contributed by atoms with E-state index in [0.717, 1.165) is 13.0 Å². The first-order chi connectivity index (χ1) is 15.8. The highest BCUT2D eigenvalue weighted by Gasteiger charge is 2.24. The van der Waals surface area contributed by atoms with Gasteiger partial charge in [0.15, 0.2) is 0 Å². The van der Waals surface area contributed by atoms with E-state index in [9.17, 15) is 4.57 Å². The van der Waals surface area contributed by atoms with Crippen molar-refractivity contribution in [2.75, 3.05) is 20.3 Å². The standard InChI is InChI=1S/C27H55O5P/c1-7-8-9-10-11-12-13-14-15-16-17-18-19-20-22-30-24-27(29-6)21-23-33(28,31-25(2)3)32-26(4)5/h21,23,25-27H,7-20,22,24H2,1-6H3/b23-21+. The third-order valence-corrected chi connectivity index (χ3v) is 7.39. The molecular formula is C27H55O5P. The Morgan fingerprint density at radius 2 is 1.12 bits per heavy atom. The summed E-state index contributed by atoms with van der Waals surface area (Å²) in [5.74, 6) is 1.51. The van der Waals surface area contributed by atoms with Gasteiger partial charge in [0.2, 0.25) is 0 Å². The summed E-state index contributed by atoms with van der Waals surface area (Å²) in [4.78, 5) is 0. The van der Waals surface area contributed by atoms with Crippen molar-refractivity contribution in [1.82, 2.24) is 0 Å². The molecule has 6 heteroatoms. The molecule has 0 bridgehead atoms. The summed E-state index contributed by atoms with van der Waals surface area (Å²) < 4.78 is 35.1. The minimum atomic E-state index is -3.29. The molecule has 0 aromatic heterocycles. The van der Waals surface area contributed by atoms with Gasteiger partial charge in [0.05, 0.1) is 24.9 Å². The van der Waals surface area contributed by atoms with Crippen LogP contribution in [0.4, 0.5) is 0 Å². The summed E-state index contributed by atoms with van der Waals surface area (Å²) in [6, 6.07) is 0. The van der Waals surface area contributed by atoms with Crippen LogP contribution in [0, 0.1) is 0 Å². The molecule has 5 nitrogen and oxygen atoms in total. The highest BCUT2D eigenvalue weighted by molar-refractivity contribution is 7.57. The molecule has 0 fully saturated rings. The van der Waals surface area contributed by atoms with Gasteiger partial charge in [-0.05, 0) is 40.2 Å². The minimum Gasteiger partial charge on any atom is -0.378 e. The molecule has 1 unspecified atom stereocenters. The fourth-order valence-electron chi connectivity index (χ4n) is 3.68. The maximum atomic E-state index is 12.9. The molecule has 0 aromatic rings. The van der Waals surface area contributed by atoms with Gasteiger partial charge in [0.25, 0.3) is 0 Å². The van der Waals surface area contributed by atoms with E-state index in [4.69, 9.17) is 18.5 Å². The summed E-state index contributed by atoms with van der Waals surface area (Å²) in [5.41, 5.74) is 0. The first kappa shape index (κ1) is 32.8.